The monoisotopic (exact) mass is 283 g/mol. The minimum atomic E-state index is -0.212. The highest BCUT2D eigenvalue weighted by Gasteiger charge is 2.29. The van der Waals surface area contributed by atoms with E-state index >= 15 is 0 Å². The summed E-state index contributed by atoms with van der Waals surface area (Å²) in [5.74, 6) is 0.532. The van der Waals surface area contributed by atoms with Gasteiger partial charge in [0.05, 0.1) is 17.0 Å². The lowest BCUT2D eigenvalue weighted by Gasteiger charge is -2.22. The lowest BCUT2D eigenvalue weighted by Crippen LogP contribution is -2.33. The Bertz CT molecular complexity index is 721. The van der Waals surface area contributed by atoms with Gasteiger partial charge in [-0.3, -0.25) is 4.79 Å². The summed E-state index contributed by atoms with van der Waals surface area (Å²) in [5.41, 5.74) is 4.01. The first-order chi connectivity index (χ1) is 9.86. The molecule has 110 valence electrons. The number of aromatic amines is 1. The van der Waals surface area contributed by atoms with Gasteiger partial charge in [-0.05, 0) is 29.9 Å². The number of hydrogen-bond acceptors (Lipinski definition) is 2. The highest BCUT2D eigenvalue weighted by molar-refractivity contribution is 5.87. The molecule has 1 saturated heterocycles. The third kappa shape index (κ3) is 2.46. The average molecular weight is 283 g/mol. The fourth-order valence-corrected chi connectivity index (χ4v) is 2.87. The molecule has 1 aromatic heterocycles. The summed E-state index contributed by atoms with van der Waals surface area (Å²) in [7, 11) is 0. The Morgan fingerprint density at radius 2 is 2.10 bits per heavy atom. The van der Waals surface area contributed by atoms with Crippen molar-refractivity contribution in [3.8, 4) is 0 Å². The number of imidazole rings is 1. The van der Waals surface area contributed by atoms with Crippen molar-refractivity contribution >= 4 is 16.9 Å². The number of fused-ring (bicyclic) bond motifs is 1. The van der Waals surface area contributed by atoms with Gasteiger partial charge in [-0.15, -0.1) is 0 Å². The van der Waals surface area contributed by atoms with Crippen LogP contribution < -0.4 is 5.32 Å². The maximum Gasteiger partial charge on any atom is 0.234 e. The molecule has 2 N–H and O–H groups in total. The Morgan fingerprint density at radius 3 is 2.76 bits per heavy atom. The minimum Gasteiger partial charge on any atom is -0.341 e. The molecule has 1 aliphatic rings. The molecule has 2 heterocycles. The van der Waals surface area contributed by atoms with E-state index in [9.17, 15) is 4.79 Å². The molecule has 0 aliphatic carbocycles. The number of nitrogens with one attached hydrogen (secondary N) is 2. The van der Waals surface area contributed by atoms with E-state index in [-0.39, 0.29) is 17.2 Å². The molecule has 0 bridgehead atoms. The molecule has 1 aliphatic heterocycles. The van der Waals surface area contributed by atoms with Gasteiger partial charge in [0.15, 0.2) is 0 Å². The van der Waals surface area contributed by atoms with Gasteiger partial charge in [-0.1, -0.05) is 39.5 Å². The van der Waals surface area contributed by atoms with Gasteiger partial charge in [0, 0.05) is 5.70 Å². The van der Waals surface area contributed by atoms with E-state index in [2.05, 4.69) is 48.7 Å². The van der Waals surface area contributed by atoms with E-state index < -0.39 is 0 Å². The minimum absolute atomic E-state index is 0.0115. The highest BCUT2D eigenvalue weighted by Crippen LogP contribution is 2.32. The van der Waals surface area contributed by atoms with Crippen LogP contribution >= 0.6 is 0 Å². The number of benzene rings is 1. The molecular weight excluding hydrogens is 262 g/mol. The molecular formula is C17H21N3O. The number of rotatable bonds is 1. The second kappa shape index (κ2) is 4.72. The lowest BCUT2D eigenvalue weighted by atomic mass is 9.86. The summed E-state index contributed by atoms with van der Waals surface area (Å²) in [5, 5.41) is 2.82. The van der Waals surface area contributed by atoms with Crippen LogP contribution in [0.15, 0.2) is 30.5 Å². The van der Waals surface area contributed by atoms with E-state index in [0.29, 0.717) is 0 Å². The van der Waals surface area contributed by atoms with Crippen molar-refractivity contribution in [3.63, 3.8) is 0 Å². The molecule has 1 fully saturated rings. The quantitative estimate of drug-likeness (QED) is 0.843. The predicted octanol–water partition coefficient (Wildman–Crippen LogP) is 3.37. The van der Waals surface area contributed by atoms with Crippen LogP contribution in [-0.4, -0.2) is 15.9 Å². The first kappa shape index (κ1) is 13.9. The maximum atomic E-state index is 12.1. The van der Waals surface area contributed by atoms with E-state index in [1.54, 1.807) is 0 Å². The first-order valence-corrected chi connectivity index (χ1v) is 7.34. The Labute approximate surface area is 124 Å². The molecule has 21 heavy (non-hydrogen) atoms. The molecule has 0 radical (unpaired) electrons. The van der Waals surface area contributed by atoms with Crippen molar-refractivity contribution in [3.05, 3.63) is 41.9 Å². The number of para-hydroxylation sites is 1. The second-order valence-corrected chi connectivity index (χ2v) is 6.76. The molecule has 2 aromatic rings. The van der Waals surface area contributed by atoms with E-state index in [0.717, 1.165) is 35.4 Å². The van der Waals surface area contributed by atoms with Gasteiger partial charge in [-0.25, -0.2) is 4.98 Å². The van der Waals surface area contributed by atoms with Crippen LogP contribution in [0.5, 0.6) is 0 Å². The van der Waals surface area contributed by atoms with Crippen molar-refractivity contribution in [2.24, 2.45) is 0 Å². The van der Waals surface area contributed by atoms with E-state index in [4.69, 9.17) is 0 Å². The fraction of sp³-hybridized carbons (Fsp3) is 0.412. The van der Waals surface area contributed by atoms with Crippen LogP contribution in [0.25, 0.3) is 11.0 Å². The third-order valence-electron chi connectivity index (χ3n) is 4.03. The van der Waals surface area contributed by atoms with Crippen molar-refractivity contribution in [1.29, 1.82) is 0 Å². The number of hydrogen-bond donors (Lipinski definition) is 2. The maximum absolute atomic E-state index is 12.1. The number of nitrogens with zero attached hydrogens (tertiary/aromatic N) is 1. The molecule has 0 saturated carbocycles. The Balaban J connectivity index is 2.06. The molecule has 4 heteroatoms. The van der Waals surface area contributed by atoms with Gasteiger partial charge in [-0.2, -0.15) is 0 Å². The topological polar surface area (TPSA) is 57.8 Å². The van der Waals surface area contributed by atoms with Crippen molar-refractivity contribution in [2.75, 3.05) is 0 Å². The zero-order chi connectivity index (χ0) is 15.2. The van der Waals surface area contributed by atoms with Gasteiger partial charge in [0.25, 0.3) is 0 Å². The predicted molar refractivity (Wildman–Crippen MR) is 84.1 cm³/mol. The normalized spacial score (nSPS) is 19.9. The van der Waals surface area contributed by atoms with Crippen LogP contribution in [0.3, 0.4) is 0 Å². The van der Waals surface area contributed by atoms with Crippen LogP contribution in [-0.2, 0) is 10.2 Å². The van der Waals surface area contributed by atoms with Crippen molar-refractivity contribution < 1.29 is 4.79 Å². The van der Waals surface area contributed by atoms with Crippen LogP contribution in [0.1, 0.15) is 50.9 Å². The molecule has 4 nitrogen and oxygen atoms in total. The summed E-state index contributed by atoms with van der Waals surface area (Å²) >= 11 is 0. The van der Waals surface area contributed by atoms with E-state index in [1.165, 1.54) is 5.56 Å². The second-order valence-electron chi connectivity index (χ2n) is 6.76. The van der Waals surface area contributed by atoms with Crippen LogP contribution in [0.2, 0.25) is 0 Å². The standard InChI is InChI=1S/C17H21N3O/c1-10-8-9-11(16(21)18-10)15-19-13-7-5-6-12(14(13)20-15)17(2,3)4/h5-7,11H,1,8-9H2,2-4H3,(H,18,21)(H,19,20). The number of carbonyl (C=O) groups is 1. The van der Waals surface area contributed by atoms with Crippen LogP contribution in [0.4, 0.5) is 0 Å². The van der Waals surface area contributed by atoms with Crippen molar-refractivity contribution in [1.82, 2.24) is 15.3 Å². The number of allylic oxidation sites excluding steroid dienone is 1. The van der Waals surface area contributed by atoms with Gasteiger partial charge in [0.2, 0.25) is 5.91 Å². The molecule has 1 atom stereocenters. The summed E-state index contributed by atoms with van der Waals surface area (Å²) in [4.78, 5) is 20.2. The molecule has 0 spiro atoms. The number of amides is 1. The number of piperidine rings is 1. The molecule has 1 unspecified atom stereocenters. The average Bonchev–Trinajstić information content (AvgIpc) is 2.80. The van der Waals surface area contributed by atoms with Crippen molar-refractivity contribution in [2.45, 2.75) is 44.9 Å². The van der Waals surface area contributed by atoms with Gasteiger partial charge >= 0.3 is 0 Å². The highest BCUT2D eigenvalue weighted by atomic mass is 16.2. The molecule has 3 rings (SSSR count). The first-order valence-electron chi connectivity index (χ1n) is 7.34. The summed E-state index contributed by atoms with van der Waals surface area (Å²) < 4.78 is 0. The Hall–Kier alpha value is -2.10. The number of carbonyl (C=O) groups excluding carboxylic acids is 1. The SMILES string of the molecule is C=C1CCC(c2nc3cccc(C(C)(C)C)c3[nH]2)C(=O)N1. The summed E-state index contributed by atoms with van der Waals surface area (Å²) in [6.07, 6.45) is 1.56. The zero-order valence-electron chi connectivity index (χ0n) is 12.8. The largest absolute Gasteiger partial charge is 0.341 e. The lowest BCUT2D eigenvalue weighted by molar-refractivity contribution is -0.123. The van der Waals surface area contributed by atoms with E-state index in [1.807, 2.05) is 12.1 Å². The number of aromatic nitrogens is 2. The number of H-pyrrole nitrogens is 1. The smallest absolute Gasteiger partial charge is 0.234 e. The Morgan fingerprint density at radius 1 is 1.33 bits per heavy atom. The van der Waals surface area contributed by atoms with Gasteiger partial charge < -0.3 is 10.3 Å². The molecule has 1 amide bonds. The summed E-state index contributed by atoms with van der Waals surface area (Å²) in [6, 6.07) is 6.13. The Kier molecular flexibility index (Phi) is 3.12. The van der Waals surface area contributed by atoms with Gasteiger partial charge in [0.1, 0.15) is 5.82 Å². The van der Waals surface area contributed by atoms with Crippen LogP contribution in [0, 0.1) is 0 Å². The fourth-order valence-electron chi connectivity index (χ4n) is 2.87. The zero-order valence-corrected chi connectivity index (χ0v) is 12.8. The molecule has 1 aromatic carbocycles. The summed E-state index contributed by atoms with van der Waals surface area (Å²) in [6.45, 7) is 10.4. The third-order valence-corrected chi connectivity index (χ3v) is 4.03.